The van der Waals surface area contributed by atoms with Crippen LogP contribution in [0.3, 0.4) is 0 Å². The van der Waals surface area contributed by atoms with E-state index in [-0.39, 0.29) is 0 Å². The minimum Gasteiger partial charge on any atom is -0.372 e. The first-order valence-corrected chi connectivity index (χ1v) is 8.43. The molecule has 1 aromatic rings. The Kier molecular flexibility index (Phi) is 3.03. The van der Waals surface area contributed by atoms with Gasteiger partial charge in [-0.15, -0.1) is 0 Å². The molecule has 2 heterocycles. The number of hydrogen-bond acceptors (Lipinski definition) is 2. The first-order chi connectivity index (χ1) is 9.82. The van der Waals surface area contributed by atoms with Crippen LogP contribution >= 0.6 is 0 Å². The molecule has 0 spiro atoms. The third-order valence-electron chi connectivity index (χ3n) is 5.97. The second-order valence-electron chi connectivity index (χ2n) is 6.96. The number of nitrogens with zero attached hydrogens (tertiary/aromatic N) is 1. The van der Waals surface area contributed by atoms with Gasteiger partial charge in [0.25, 0.3) is 0 Å². The van der Waals surface area contributed by atoms with E-state index in [1.54, 1.807) is 11.1 Å². The summed E-state index contributed by atoms with van der Waals surface area (Å²) in [6, 6.07) is 7.89. The molecule has 0 bridgehead atoms. The zero-order valence-electron chi connectivity index (χ0n) is 12.6. The molecular formula is C18H26N2. The van der Waals surface area contributed by atoms with Crippen molar-refractivity contribution in [2.75, 3.05) is 24.5 Å². The van der Waals surface area contributed by atoms with Gasteiger partial charge < -0.3 is 10.2 Å². The molecular weight excluding hydrogens is 244 g/mol. The van der Waals surface area contributed by atoms with E-state index >= 15 is 0 Å². The van der Waals surface area contributed by atoms with Gasteiger partial charge >= 0.3 is 0 Å². The average Bonchev–Trinajstić information content (AvgIpc) is 3.12. The molecule has 0 amide bonds. The maximum atomic E-state index is 3.83. The van der Waals surface area contributed by atoms with E-state index in [9.17, 15) is 0 Å². The number of anilines is 1. The first-order valence-electron chi connectivity index (χ1n) is 8.43. The van der Waals surface area contributed by atoms with E-state index in [1.807, 2.05) is 0 Å². The van der Waals surface area contributed by atoms with Crippen LogP contribution < -0.4 is 10.2 Å². The molecule has 3 aliphatic rings. The van der Waals surface area contributed by atoms with Gasteiger partial charge in [-0.3, -0.25) is 0 Å². The monoisotopic (exact) mass is 270 g/mol. The Morgan fingerprint density at radius 2 is 2.10 bits per heavy atom. The first kappa shape index (κ1) is 12.7. The van der Waals surface area contributed by atoms with Crippen molar-refractivity contribution in [2.24, 2.45) is 5.41 Å². The molecule has 2 saturated heterocycles. The van der Waals surface area contributed by atoms with E-state index in [0.29, 0.717) is 11.5 Å². The van der Waals surface area contributed by atoms with Crippen LogP contribution in [-0.4, -0.2) is 19.6 Å². The molecule has 0 aromatic heterocycles. The van der Waals surface area contributed by atoms with E-state index in [0.717, 1.165) is 0 Å². The summed E-state index contributed by atoms with van der Waals surface area (Å²) >= 11 is 0. The summed E-state index contributed by atoms with van der Waals surface area (Å²) < 4.78 is 0. The normalized spacial score (nSPS) is 32.2. The largest absolute Gasteiger partial charge is 0.372 e. The average molecular weight is 270 g/mol. The SMILES string of the molecule is CC[C@]12CCCN[C@H]1c1cc(N3CCCC3)ccc1C2. The molecule has 20 heavy (non-hydrogen) atoms. The Balaban J connectivity index is 1.70. The van der Waals surface area contributed by atoms with Crippen LogP contribution in [0.1, 0.15) is 56.2 Å². The summed E-state index contributed by atoms with van der Waals surface area (Å²) in [4.78, 5) is 2.56. The summed E-state index contributed by atoms with van der Waals surface area (Å²) in [5.74, 6) is 0. The van der Waals surface area contributed by atoms with E-state index in [2.05, 4.69) is 35.3 Å². The fraction of sp³-hybridized carbons (Fsp3) is 0.667. The van der Waals surface area contributed by atoms with Gasteiger partial charge in [-0.25, -0.2) is 0 Å². The molecule has 1 aliphatic carbocycles. The highest BCUT2D eigenvalue weighted by Gasteiger charge is 2.46. The lowest BCUT2D eigenvalue weighted by Gasteiger charge is -2.40. The predicted molar refractivity (Wildman–Crippen MR) is 84.3 cm³/mol. The number of nitrogens with one attached hydrogen (secondary N) is 1. The maximum Gasteiger partial charge on any atom is 0.0383 e. The Morgan fingerprint density at radius 3 is 2.90 bits per heavy atom. The van der Waals surface area contributed by atoms with Gasteiger partial charge in [0.2, 0.25) is 0 Å². The molecule has 2 aliphatic heterocycles. The van der Waals surface area contributed by atoms with Crippen molar-refractivity contribution in [1.82, 2.24) is 5.32 Å². The van der Waals surface area contributed by atoms with Crippen molar-refractivity contribution in [3.05, 3.63) is 29.3 Å². The van der Waals surface area contributed by atoms with Crippen LogP contribution in [-0.2, 0) is 6.42 Å². The van der Waals surface area contributed by atoms with Crippen LogP contribution in [0.5, 0.6) is 0 Å². The third-order valence-corrected chi connectivity index (χ3v) is 5.97. The maximum absolute atomic E-state index is 3.83. The molecule has 2 heteroatoms. The summed E-state index contributed by atoms with van der Waals surface area (Å²) in [7, 11) is 0. The number of benzene rings is 1. The third kappa shape index (κ3) is 1.81. The summed E-state index contributed by atoms with van der Waals surface area (Å²) in [5.41, 5.74) is 5.18. The number of hydrogen-bond donors (Lipinski definition) is 1. The molecule has 1 N–H and O–H groups in total. The molecule has 4 rings (SSSR count). The topological polar surface area (TPSA) is 15.3 Å². The predicted octanol–water partition coefficient (Wildman–Crippen LogP) is 3.66. The quantitative estimate of drug-likeness (QED) is 0.882. The van der Waals surface area contributed by atoms with Crippen molar-refractivity contribution < 1.29 is 0 Å². The van der Waals surface area contributed by atoms with E-state index in [4.69, 9.17) is 0 Å². The van der Waals surface area contributed by atoms with Crippen molar-refractivity contribution in [3.8, 4) is 0 Å². The van der Waals surface area contributed by atoms with Gasteiger partial charge in [0, 0.05) is 24.8 Å². The Bertz CT molecular complexity index is 504. The number of fused-ring (bicyclic) bond motifs is 3. The molecule has 0 saturated carbocycles. The van der Waals surface area contributed by atoms with Crippen LogP contribution in [0.2, 0.25) is 0 Å². The highest BCUT2D eigenvalue weighted by Crippen LogP contribution is 2.53. The van der Waals surface area contributed by atoms with Crippen molar-refractivity contribution in [1.29, 1.82) is 0 Å². The molecule has 2 atom stereocenters. The number of rotatable bonds is 2. The van der Waals surface area contributed by atoms with Gasteiger partial charge in [-0.1, -0.05) is 13.0 Å². The van der Waals surface area contributed by atoms with Gasteiger partial charge in [0.1, 0.15) is 0 Å². The highest BCUT2D eigenvalue weighted by atomic mass is 15.1. The van der Waals surface area contributed by atoms with Crippen LogP contribution in [0.25, 0.3) is 0 Å². The smallest absolute Gasteiger partial charge is 0.0383 e. The fourth-order valence-corrected chi connectivity index (χ4v) is 4.75. The Morgan fingerprint density at radius 1 is 1.25 bits per heavy atom. The fourth-order valence-electron chi connectivity index (χ4n) is 4.75. The molecule has 0 radical (unpaired) electrons. The molecule has 2 nitrogen and oxygen atoms in total. The molecule has 0 unspecified atom stereocenters. The number of piperidine rings is 1. The standard InChI is InChI=1S/C18H26N2/c1-2-18-8-5-9-19-17(18)16-12-15(7-6-14(16)13-18)20-10-3-4-11-20/h6-7,12,17,19H,2-5,8-11,13H2,1H3/t17-,18+/m0/s1. The van der Waals surface area contributed by atoms with Crippen LogP contribution in [0.4, 0.5) is 5.69 Å². The van der Waals surface area contributed by atoms with Crippen LogP contribution in [0, 0.1) is 5.41 Å². The zero-order valence-corrected chi connectivity index (χ0v) is 12.6. The summed E-state index contributed by atoms with van der Waals surface area (Å²) in [5, 5.41) is 3.83. The van der Waals surface area contributed by atoms with Gasteiger partial charge in [0.05, 0.1) is 0 Å². The molecule has 2 fully saturated rings. The second kappa shape index (κ2) is 4.77. The van der Waals surface area contributed by atoms with Gasteiger partial charge in [0.15, 0.2) is 0 Å². The van der Waals surface area contributed by atoms with Crippen LogP contribution in [0.15, 0.2) is 18.2 Å². The highest BCUT2D eigenvalue weighted by molar-refractivity contribution is 5.55. The zero-order chi connectivity index (χ0) is 13.6. The van der Waals surface area contributed by atoms with Crippen molar-refractivity contribution in [3.63, 3.8) is 0 Å². The lowest BCUT2D eigenvalue weighted by molar-refractivity contribution is 0.146. The Hall–Kier alpha value is -1.02. The lowest BCUT2D eigenvalue weighted by Crippen LogP contribution is -2.40. The second-order valence-corrected chi connectivity index (χ2v) is 6.96. The summed E-state index contributed by atoms with van der Waals surface area (Å²) in [6.07, 6.45) is 8.05. The summed E-state index contributed by atoms with van der Waals surface area (Å²) in [6.45, 7) is 6.07. The van der Waals surface area contributed by atoms with Gasteiger partial charge in [-0.2, -0.15) is 0 Å². The van der Waals surface area contributed by atoms with E-state index in [1.165, 1.54) is 63.8 Å². The molecule has 1 aromatic carbocycles. The Labute approximate surface area is 122 Å². The lowest BCUT2D eigenvalue weighted by atomic mass is 9.72. The van der Waals surface area contributed by atoms with Crippen molar-refractivity contribution in [2.45, 2.75) is 51.5 Å². The minimum atomic E-state index is 0.504. The van der Waals surface area contributed by atoms with E-state index < -0.39 is 0 Å². The van der Waals surface area contributed by atoms with Crippen molar-refractivity contribution >= 4 is 5.69 Å². The minimum absolute atomic E-state index is 0.504. The van der Waals surface area contributed by atoms with Gasteiger partial charge in [-0.05, 0) is 73.7 Å². The molecule has 108 valence electrons.